The fourth-order valence-electron chi connectivity index (χ4n) is 2.66. The minimum absolute atomic E-state index is 0.0102. The number of ether oxygens (including phenoxy) is 1. The molecule has 0 bridgehead atoms. The van der Waals surface area contributed by atoms with Gasteiger partial charge in [-0.1, -0.05) is 19.1 Å². The average molecular weight is 262 g/mol. The number of nitrogens with zero attached hydrogens (tertiary/aromatic N) is 1. The van der Waals surface area contributed by atoms with Crippen LogP contribution >= 0.6 is 0 Å². The zero-order chi connectivity index (χ0) is 13.8. The summed E-state index contributed by atoms with van der Waals surface area (Å²) >= 11 is 0. The molecule has 19 heavy (non-hydrogen) atoms. The standard InChI is InChI=1S/C15H22N2O2/c1-3-14-13(7-8-19-14)15(18)17(2)10-11-5-4-6-12(16)9-11/h4-6,9,13-14H,3,7-8,10,16H2,1-2H3. The molecular formula is C15H22N2O2. The summed E-state index contributed by atoms with van der Waals surface area (Å²) < 4.78 is 5.59. The molecule has 1 saturated heterocycles. The molecule has 0 radical (unpaired) electrons. The maximum atomic E-state index is 12.4. The highest BCUT2D eigenvalue weighted by atomic mass is 16.5. The highest BCUT2D eigenvalue weighted by Crippen LogP contribution is 2.25. The van der Waals surface area contributed by atoms with E-state index >= 15 is 0 Å². The monoisotopic (exact) mass is 262 g/mol. The summed E-state index contributed by atoms with van der Waals surface area (Å²) in [6.07, 6.45) is 1.80. The van der Waals surface area contributed by atoms with E-state index < -0.39 is 0 Å². The second kappa shape index (κ2) is 6.06. The number of anilines is 1. The molecule has 104 valence electrons. The van der Waals surface area contributed by atoms with E-state index in [1.807, 2.05) is 31.3 Å². The summed E-state index contributed by atoms with van der Waals surface area (Å²) in [5.41, 5.74) is 7.54. The molecule has 0 spiro atoms. The Balaban J connectivity index is 1.99. The third kappa shape index (κ3) is 3.26. The van der Waals surface area contributed by atoms with E-state index in [0.717, 1.165) is 24.1 Å². The van der Waals surface area contributed by atoms with E-state index in [4.69, 9.17) is 10.5 Å². The van der Waals surface area contributed by atoms with Gasteiger partial charge in [0.25, 0.3) is 0 Å². The highest BCUT2D eigenvalue weighted by molar-refractivity contribution is 5.79. The first-order valence-electron chi connectivity index (χ1n) is 6.82. The van der Waals surface area contributed by atoms with E-state index in [1.165, 1.54) is 0 Å². The molecule has 4 heteroatoms. The molecule has 1 fully saturated rings. The second-order valence-electron chi connectivity index (χ2n) is 5.15. The third-order valence-electron chi connectivity index (χ3n) is 3.68. The average Bonchev–Trinajstić information content (AvgIpc) is 2.86. The fourth-order valence-corrected chi connectivity index (χ4v) is 2.66. The zero-order valence-corrected chi connectivity index (χ0v) is 11.6. The van der Waals surface area contributed by atoms with Crippen molar-refractivity contribution in [3.8, 4) is 0 Å². The smallest absolute Gasteiger partial charge is 0.228 e. The van der Waals surface area contributed by atoms with Gasteiger partial charge in [-0.2, -0.15) is 0 Å². The minimum atomic E-state index is 0.0102. The van der Waals surface area contributed by atoms with Gasteiger partial charge in [0.1, 0.15) is 0 Å². The third-order valence-corrected chi connectivity index (χ3v) is 3.68. The predicted octanol–water partition coefficient (Wildman–Crippen LogP) is 2.04. The van der Waals surface area contributed by atoms with Crippen LogP contribution in [0.5, 0.6) is 0 Å². The first kappa shape index (κ1) is 13.9. The van der Waals surface area contributed by atoms with Crippen LogP contribution in [0, 0.1) is 5.92 Å². The van der Waals surface area contributed by atoms with Crippen LogP contribution in [0.1, 0.15) is 25.3 Å². The quantitative estimate of drug-likeness (QED) is 0.845. The molecule has 2 unspecified atom stereocenters. The summed E-state index contributed by atoms with van der Waals surface area (Å²) in [6, 6.07) is 7.66. The summed E-state index contributed by atoms with van der Waals surface area (Å²) in [6.45, 7) is 3.35. The summed E-state index contributed by atoms with van der Waals surface area (Å²) in [7, 11) is 1.84. The van der Waals surface area contributed by atoms with Crippen LogP contribution in [-0.2, 0) is 16.1 Å². The lowest BCUT2D eigenvalue weighted by Crippen LogP contribution is -2.36. The second-order valence-corrected chi connectivity index (χ2v) is 5.15. The Labute approximate surface area is 114 Å². The van der Waals surface area contributed by atoms with E-state index in [0.29, 0.717) is 13.2 Å². The van der Waals surface area contributed by atoms with Gasteiger partial charge in [-0.15, -0.1) is 0 Å². The maximum Gasteiger partial charge on any atom is 0.228 e. The number of carbonyl (C=O) groups is 1. The van der Waals surface area contributed by atoms with Crippen molar-refractivity contribution in [2.75, 3.05) is 19.4 Å². The van der Waals surface area contributed by atoms with Crippen LogP contribution in [0.25, 0.3) is 0 Å². The molecule has 1 heterocycles. The van der Waals surface area contributed by atoms with Gasteiger partial charge in [0, 0.05) is 25.9 Å². The summed E-state index contributed by atoms with van der Waals surface area (Å²) in [5, 5.41) is 0. The molecule has 1 amide bonds. The lowest BCUT2D eigenvalue weighted by molar-refractivity contribution is -0.136. The largest absolute Gasteiger partial charge is 0.399 e. The van der Waals surface area contributed by atoms with Crippen molar-refractivity contribution in [2.24, 2.45) is 5.92 Å². The van der Waals surface area contributed by atoms with Gasteiger partial charge in [-0.3, -0.25) is 4.79 Å². The summed E-state index contributed by atoms with van der Waals surface area (Å²) in [5.74, 6) is 0.183. The van der Waals surface area contributed by atoms with Crippen LogP contribution in [0.3, 0.4) is 0 Å². The van der Waals surface area contributed by atoms with Crippen molar-refractivity contribution in [1.82, 2.24) is 4.90 Å². The van der Waals surface area contributed by atoms with Crippen LogP contribution in [-0.4, -0.2) is 30.6 Å². The zero-order valence-electron chi connectivity index (χ0n) is 11.6. The number of hydrogen-bond acceptors (Lipinski definition) is 3. The maximum absolute atomic E-state index is 12.4. The number of amides is 1. The molecule has 1 aliphatic heterocycles. The summed E-state index contributed by atoms with van der Waals surface area (Å²) in [4.78, 5) is 14.2. The Kier molecular flexibility index (Phi) is 4.43. The Morgan fingerprint density at radius 2 is 2.32 bits per heavy atom. The highest BCUT2D eigenvalue weighted by Gasteiger charge is 2.34. The first-order chi connectivity index (χ1) is 9.11. The van der Waals surface area contributed by atoms with E-state index in [-0.39, 0.29) is 17.9 Å². The molecule has 2 rings (SSSR count). The Morgan fingerprint density at radius 1 is 1.53 bits per heavy atom. The van der Waals surface area contributed by atoms with Gasteiger partial charge in [0.2, 0.25) is 5.91 Å². The molecule has 1 aliphatic rings. The van der Waals surface area contributed by atoms with Crippen LogP contribution in [0.15, 0.2) is 24.3 Å². The predicted molar refractivity (Wildman–Crippen MR) is 75.5 cm³/mol. The van der Waals surface area contributed by atoms with Crippen LogP contribution in [0.4, 0.5) is 5.69 Å². The number of nitrogen functional groups attached to an aromatic ring is 1. The van der Waals surface area contributed by atoms with Gasteiger partial charge >= 0.3 is 0 Å². The van der Waals surface area contributed by atoms with E-state index in [9.17, 15) is 4.79 Å². The van der Waals surface area contributed by atoms with Crippen molar-refractivity contribution < 1.29 is 9.53 Å². The molecule has 0 saturated carbocycles. The van der Waals surface area contributed by atoms with Crippen molar-refractivity contribution in [2.45, 2.75) is 32.4 Å². The SMILES string of the molecule is CCC1OCCC1C(=O)N(C)Cc1cccc(N)c1. The van der Waals surface area contributed by atoms with Gasteiger partial charge < -0.3 is 15.4 Å². The molecule has 1 aromatic rings. The minimum Gasteiger partial charge on any atom is -0.399 e. The number of carbonyl (C=O) groups excluding carboxylic acids is 1. The van der Waals surface area contributed by atoms with Crippen molar-refractivity contribution in [3.05, 3.63) is 29.8 Å². The van der Waals surface area contributed by atoms with Gasteiger partial charge in [0.15, 0.2) is 0 Å². The molecule has 2 N–H and O–H groups in total. The molecular weight excluding hydrogens is 240 g/mol. The van der Waals surface area contributed by atoms with Gasteiger partial charge in [0.05, 0.1) is 12.0 Å². The molecule has 2 atom stereocenters. The van der Waals surface area contributed by atoms with E-state index in [2.05, 4.69) is 6.92 Å². The lowest BCUT2D eigenvalue weighted by Gasteiger charge is -2.24. The number of nitrogens with two attached hydrogens (primary N) is 1. The fraction of sp³-hybridized carbons (Fsp3) is 0.533. The van der Waals surface area contributed by atoms with Crippen molar-refractivity contribution in [3.63, 3.8) is 0 Å². The molecule has 0 aromatic heterocycles. The topological polar surface area (TPSA) is 55.6 Å². The number of benzene rings is 1. The Bertz CT molecular complexity index is 448. The Morgan fingerprint density at radius 3 is 3.00 bits per heavy atom. The molecule has 0 aliphatic carbocycles. The van der Waals surface area contributed by atoms with Crippen molar-refractivity contribution >= 4 is 11.6 Å². The first-order valence-corrected chi connectivity index (χ1v) is 6.82. The normalized spacial score (nSPS) is 22.4. The van der Waals surface area contributed by atoms with E-state index in [1.54, 1.807) is 4.90 Å². The van der Waals surface area contributed by atoms with Crippen LogP contribution < -0.4 is 5.73 Å². The van der Waals surface area contributed by atoms with Crippen LogP contribution in [0.2, 0.25) is 0 Å². The van der Waals surface area contributed by atoms with Gasteiger partial charge in [-0.05, 0) is 30.5 Å². The number of hydrogen-bond donors (Lipinski definition) is 1. The van der Waals surface area contributed by atoms with Gasteiger partial charge in [-0.25, -0.2) is 0 Å². The number of rotatable bonds is 4. The lowest BCUT2D eigenvalue weighted by atomic mass is 9.98. The van der Waals surface area contributed by atoms with Crippen molar-refractivity contribution in [1.29, 1.82) is 0 Å². The Hall–Kier alpha value is -1.55. The molecule has 4 nitrogen and oxygen atoms in total. The molecule has 1 aromatic carbocycles.